The first-order valence-corrected chi connectivity index (χ1v) is 8.73. The van der Waals surface area contributed by atoms with Gasteiger partial charge in [-0.25, -0.2) is 5.43 Å². The van der Waals surface area contributed by atoms with Crippen molar-refractivity contribution in [3.05, 3.63) is 59.7 Å². The van der Waals surface area contributed by atoms with Crippen LogP contribution in [0.25, 0.3) is 0 Å². The van der Waals surface area contributed by atoms with Crippen molar-refractivity contribution in [2.24, 2.45) is 11.0 Å². The van der Waals surface area contributed by atoms with Gasteiger partial charge in [0.2, 0.25) is 11.8 Å². The summed E-state index contributed by atoms with van der Waals surface area (Å²) in [6, 6.07) is 11.7. The first-order valence-electron chi connectivity index (χ1n) is 8.73. The Hall–Kier alpha value is -3.36. The minimum absolute atomic E-state index is 0.00742. The van der Waals surface area contributed by atoms with Gasteiger partial charge in [-0.3, -0.25) is 9.59 Å². The van der Waals surface area contributed by atoms with E-state index in [1.165, 1.54) is 30.2 Å². The lowest BCUT2D eigenvalue weighted by molar-refractivity contribution is -0.137. The van der Waals surface area contributed by atoms with Gasteiger partial charge in [0.05, 0.1) is 24.8 Å². The van der Waals surface area contributed by atoms with Crippen LogP contribution in [0.4, 0.5) is 18.9 Å². The lowest BCUT2D eigenvalue weighted by Crippen LogP contribution is -2.30. The van der Waals surface area contributed by atoms with Gasteiger partial charge in [-0.2, -0.15) is 18.3 Å². The zero-order valence-corrected chi connectivity index (χ0v) is 15.4. The van der Waals surface area contributed by atoms with Crippen molar-refractivity contribution in [3.8, 4) is 5.75 Å². The topological polar surface area (TPSA) is 71.0 Å². The standard InChI is InChI=1S/C20H18F3N3O3/c1-29-16-8-6-15(7-9-16)26-12-14(10-18(26)27)19(28)25-24-11-13-4-2-3-5-17(13)20(21,22)23/h2-9,11,14H,10,12H2,1H3,(H,25,28)/b24-11-/t14-/m0/s1. The molecule has 0 aromatic heterocycles. The molecule has 2 aromatic rings. The number of carbonyl (C=O) groups excluding carboxylic acids is 2. The molecule has 0 bridgehead atoms. The average molecular weight is 405 g/mol. The minimum atomic E-state index is -4.52. The molecule has 1 N–H and O–H groups in total. The Morgan fingerprint density at radius 3 is 2.55 bits per heavy atom. The Balaban J connectivity index is 1.63. The Bertz CT molecular complexity index is 927. The van der Waals surface area contributed by atoms with E-state index < -0.39 is 23.6 Å². The summed E-state index contributed by atoms with van der Waals surface area (Å²) in [5.41, 5.74) is 1.85. The second-order valence-corrected chi connectivity index (χ2v) is 6.42. The Kier molecular flexibility index (Phi) is 5.86. The van der Waals surface area contributed by atoms with E-state index in [2.05, 4.69) is 10.5 Å². The quantitative estimate of drug-likeness (QED) is 0.613. The van der Waals surface area contributed by atoms with Gasteiger partial charge in [0.1, 0.15) is 5.75 Å². The predicted octanol–water partition coefficient (Wildman–Crippen LogP) is 3.22. The van der Waals surface area contributed by atoms with Crippen LogP contribution in [0.2, 0.25) is 0 Å². The van der Waals surface area contributed by atoms with Crippen molar-refractivity contribution in [1.29, 1.82) is 0 Å². The van der Waals surface area contributed by atoms with Crippen LogP contribution >= 0.6 is 0 Å². The summed E-state index contributed by atoms with van der Waals surface area (Å²) in [7, 11) is 1.53. The van der Waals surface area contributed by atoms with Crippen molar-refractivity contribution >= 4 is 23.7 Å². The summed E-state index contributed by atoms with van der Waals surface area (Å²) in [6.07, 6.45) is -3.59. The largest absolute Gasteiger partial charge is 0.497 e. The summed E-state index contributed by atoms with van der Waals surface area (Å²) in [5.74, 6) is -0.764. The number of hydrogen-bond acceptors (Lipinski definition) is 4. The molecule has 0 saturated carbocycles. The molecule has 6 nitrogen and oxygen atoms in total. The Morgan fingerprint density at radius 1 is 1.21 bits per heavy atom. The molecule has 9 heteroatoms. The fourth-order valence-corrected chi connectivity index (χ4v) is 3.02. The maximum atomic E-state index is 13.0. The van der Waals surface area contributed by atoms with Gasteiger partial charge in [0.25, 0.3) is 0 Å². The molecule has 0 unspecified atom stereocenters. The predicted molar refractivity (Wildman–Crippen MR) is 101 cm³/mol. The Labute approximate surface area is 165 Å². The average Bonchev–Trinajstić information content (AvgIpc) is 3.09. The van der Waals surface area contributed by atoms with Gasteiger partial charge in [-0.15, -0.1) is 0 Å². The number of rotatable bonds is 5. The second-order valence-electron chi connectivity index (χ2n) is 6.42. The smallest absolute Gasteiger partial charge is 0.417 e. The molecule has 1 atom stereocenters. The van der Waals surface area contributed by atoms with Crippen molar-refractivity contribution in [2.45, 2.75) is 12.6 Å². The summed E-state index contributed by atoms with van der Waals surface area (Å²) >= 11 is 0. The van der Waals surface area contributed by atoms with Crippen LogP contribution in [0.3, 0.4) is 0 Å². The number of amides is 2. The second kappa shape index (κ2) is 8.34. The molecule has 0 spiro atoms. The van der Waals surface area contributed by atoms with Crippen molar-refractivity contribution < 1.29 is 27.5 Å². The van der Waals surface area contributed by atoms with Crippen LogP contribution in [-0.2, 0) is 15.8 Å². The molecular weight excluding hydrogens is 387 g/mol. The van der Waals surface area contributed by atoms with Crippen LogP contribution in [-0.4, -0.2) is 31.7 Å². The summed E-state index contributed by atoms with van der Waals surface area (Å²) in [6.45, 7) is 0.158. The molecule has 0 radical (unpaired) electrons. The first-order chi connectivity index (χ1) is 13.8. The molecule has 2 amide bonds. The lowest BCUT2D eigenvalue weighted by Gasteiger charge is -2.16. The third-order valence-corrected chi connectivity index (χ3v) is 4.52. The molecule has 1 saturated heterocycles. The highest BCUT2D eigenvalue weighted by Crippen LogP contribution is 2.31. The molecule has 1 fully saturated rings. The van der Waals surface area contributed by atoms with Gasteiger partial charge in [-0.05, 0) is 30.3 Å². The van der Waals surface area contributed by atoms with Crippen LogP contribution in [0.1, 0.15) is 17.5 Å². The SMILES string of the molecule is COc1ccc(N2C[C@@H](C(=O)N/N=C\c3ccccc3C(F)(F)F)CC2=O)cc1. The van der Waals surface area contributed by atoms with E-state index in [4.69, 9.17) is 4.74 Å². The number of benzene rings is 2. The molecular formula is C20H18F3N3O3. The monoisotopic (exact) mass is 405 g/mol. The van der Waals surface area contributed by atoms with Crippen molar-refractivity contribution in [2.75, 3.05) is 18.6 Å². The zero-order chi connectivity index (χ0) is 21.0. The summed E-state index contributed by atoms with van der Waals surface area (Å²) < 4.78 is 44.0. The minimum Gasteiger partial charge on any atom is -0.497 e. The van der Waals surface area contributed by atoms with E-state index in [9.17, 15) is 22.8 Å². The number of hydrazone groups is 1. The molecule has 29 heavy (non-hydrogen) atoms. The van der Waals surface area contributed by atoms with Crippen LogP contribution in [0.5, 0.6) is 5.75 Å². The maximum absolute atomic E-state index is 13.0. The van der Waals surface area contributed by atoms with E-state index in [1.54, 1.807) is 24.3 Å². The molecule has 1 heterocycles. The van der Waals surface area contributed by atoms with Gasteiger partial charge >= 0.3 is 6.18 Å². The lowest BCUT2D eigenvalue weighted by atomic mass is 10.1. The first kappa shape index (κ1) is 20.4. The van der Waals surface area contributed by atoms with E-state index in [0.717, 1.165) is 12.3 Å². The molecule has 0 aliphatic carbocycles. The van der Waals surface area contributed by atoms with Gasteiger partial charge in [0.15, 0.2) is 0 Å². The number of nitrogens with zero attached hydrogens (tertiary/aromatic N) is 2. The highest BCUT2D eigenvalue weighted by molar-refractivity contribution is 6.00. The maximum Gasteiger partial charge on any atom is 0.417 e. The van der Waals surface area contributed by atoms with E-state index >= 15 is 0 Å². The fraction of sp³-hybridized carbons (Fsp3) is 0.250. The number of alkyl halides is 3. The highest BCUT2D eigenvalue weighted by Gasteiger charge is 2.35. The molecule has 1 aliphatic rings. The number of hydrogen-bond donors (Lipinski definition) is 1. The van der Waals surface area contributed by atoms with E-state index in [-0.39, 0.29) is 24.4 Å². The van der Waals surface area contributed by atoms with Gasteiger partial charge in [0, 0.05) is 24.2 Å². The van der Waals surface area contributed by atoms with E-state index in [0.29, 0.717) is 11.4 Å². The van der Waals surface area contributed by atoms with Gasteiger partial charge < -0.3 is 9.64 Å². The summed E-state index contributed by atoms with van der Waals surface area (Å²) in [5, 5.41) is 3.63. The zero-order valence-electron chi connectivity index (χ0n) is 15.4. The summed E-state index contributed by atoms with van der Waals surface area (Å²) in [4.78, 5) is 26.0. The third-order valence-electron chi connectivity index (χ3n) is 4.52. The number of nitrogens with one attached hydrogen (secondary N) is 1. The van der Waals surface area contributed by atoms with E-state index in [1.807, 2.05) is 0 Å². The molecule has 152 valence electrons. The van der Waals surface area contributed by atoms with Crippen molar-refractivity contribution in [1.82, 2.24) is 5.43 Å². The number of carbonyl (C=O) groups is 2. The number of ether oxygens (including phenoxy) is 1. The molecule has 3 rings (SSSR count). The number of anilines is 1. The number of methoxy groups -OCH3 is 1. The molecule has 1 aliphatic heterocycles. The number of halogens is 3. The van der Waals surface area contributed by atoms with Gasteiger partial charge in [-0.1, -0.05) is 18.2 Å². The highest BCUT2D eigenvalue weighted by atomic mass is 19.4. The Morgan fingerprint density at radius 2 is 1.90 bits per heavy atom. The fourth-order valence-electron chi connectivity index (χ4n) is 3.02. The van der Waals surface area contributed by atoms with Crippen LogP contribution in [0.15, 0.2) is 53.6 Å². The van der Waals surface area contributed by atoms with Crippen LogP contribution in [0, 0.1) is 5.92 Å². The van der Waals surface area contributed by atoms with Crippen molar-refractivity contribution in [3.63, 3.8) is 0 Å². The third kappa shape index (κ3) is 4.74. The van der Waals surface area contributed by atoms with Crippen LogP contribution < -0.4 is 15.1 Å². The molecule has 2 aromatic carbocycles. The normalized spacial score (nSPS) is 17.0.